The summed E-state index contributed by atoms with van der Waals surface area (Å²) in [6.07, 6.45) is 1.90. The van der Waals surface area contributed by atoms with Crippen LogP contribution in [0.15, 0.2) is 4.99 Å². The highest BCUT2D eigenvalue weighted by Gasteiger charge is 2.21. The summed E-state index contributed by atoms with van der Waals surface area (Å²) in [6, 6.07) is 0. The van der Waals surface area contributed by atoms with Crippen LogP contribution in [-0.2, 0) is 4.79 Å². The largest absolute Gasteiger partial charge is 0.289 e. The highest BCUT2D eigenvalue weighted by molar-refractivity contribution is 8.13. The quantitative estimate of drug-likeness (QED) is 0.576. The van der Waals surface area contributed by atoms with Crippen LogP contribution in [0.25, 0.3) is 0 Å². The van der Waals surface area contributed by atoms with Crippen molar-refractivity contribution in [2.45, 2.75) is 0 Å². The minimum absolute atomic E-state index is 0.0413. The Labute approximate surface area is 74.8 Å². The number of nitrogens with zero attached hydrogens (tertiary/aromatic N) is 2. The summed E-state index contributed by atoms with van der Waals surface area (Å²) in [5.74, 6) is -0.0168. The summed E-state index contributed by atoms with van der Waals surface area (Å²) < 4.78 is 0. The van der Waals surface area contributed by atoms with Gasteiger partial charge in [-0.25, -0.2) is 0 Å². The number of aliphatic imine (C=N–C) groups is 1. The summed E-state index contributed by atoms with van der Waals surface area (Å²) in [4.78, 5) is 16.8. The molecule has 0 N–H and O–H groups in total. The van der Waals surface area contributed by atoms with Crippen molar-refractivity contribution in [2.24, 2.45) is 4.99 Å². The van der Waals surface area contributed by atoms with Crippen LogP contribution < -0.4 is 0 Å². The van der Waals surface area contributed by atoms with E-state index in [-0.39, 0.29) is 11.8 Å². The van der Waals surface area contributed by atoms with Gasteiger partial charge in [-0.05, 0) is 6.26 Å². The van der Waals surface area contributed by atoms with Crippen molar-refractivity contribution in [1.82, 2.24) is 4.90 Å². The lowest BCUT2D eigenvalue weighted by Crippen LogP contribution is -2.33. The molecule has 0 aromatic carbocycles. The molecule has 0 bridgehead atoms. The molecular formula is C6H9ClN2OS. The Morgan fingerprint density at radius 2 is 2.64 bits per heavy atom. The summed E-state index contributed by atoms with van der Waals surface area (Å²) >= 11 is 6.88. The van der Waals surface area contributed by atoms with Gasteiger partial charge in [0.05, 0.1) is 6.54 Å². The molecule has 0 aliphatic carbocycles. The Morgan fingerprint density at radius 1 is 1.91 bits per heavy atom. The van der Waals surface area contributed by atoms with Crippen molar-refractivity contribution in [1.29, 1.82) is 0 Å². The van der Waals surface area contributed by atoms with Gasteiger partial charge in [-0.3, -0.25) is 14.7 Å². The molecule has 1 aliphatic heterocycles. The van der Waals surface area contributed by atoms with E-state index in [2.05, 4.69) is 4.99 Å². The second-order valence-electron chi connectivity index (χ2n) is 2.05. The average molecular weight is 193 g/mol. The molecule has 3 nitrogen and oxygen atoms in total. The third-order valence-electron chi connectivity index (χ3n) is 1.40. The molecule has 0 saturated carbocycles. The molecule has 1 rings (SSSR count). The fourth-order valence-electron chi connectivity index (χ4n) is 0.905. The van der Waals surface area contributed by atoms with Crippen LogP contribution in [0.4, 0.5) is 0 Å². The van der Waals surface area contributed by atoms with Gasteiger partial charge < -0.3 is 0 Å². The molecule has 0 aromatic heterocycles. The molecule has 11 heavy (non-hydrogen) atoms. The van der Waals surface area contributed by atoms with Gasteiger partial charge in [0.25, 0.3) is 0 Å². The van der Waals surface area contributed by atoms with Gasteiger partial charge in [-0.15, -0.1) is 11.6 Å². The van der Waals surface area contributed by atoms with E-state index >= 15 is 0 Å². The van der Waals surface area contributed by atoms with E-state index in [1.807, 2.05) is 6.26 Å². The highest BCUT2D eigenvalue weighted by atomic mass is 35.5. The first-order chi connectivity index (χ1) is 5.29. The van der Waals surface area contributed by atoms with E-state index < -0.39 is 0 Å². The van der Waals surface area contributed by atoms with Gasteiger partial charge >= 0.3 is 0 Å². The molecule has 5 heteroatoms. The van der Waals surface area contributed by atoms with Crippen LogP contribution in [0.2, 0.25) is 0 Å². The number of hydrogen-bond acceptors (Lipinski definition) is 3. The lowest BCUT2D eigenvalue weighted by Gasteiger charge is -2.14. The van der Waals surface area contributed by atoms with Crippen LogP contribution in [0.5, 0.6) is 0 Å². The smallest absolute Gasteiger partial charge is 0.243 e. The Morgan fingerprint density at radius 3 is 3.18 bits per heavy atom. The van der Waals surface area contributed by atoms with E-state index in [1.54, 1.807) is 4.90 Å². The zero-order valence-electron chi connectivity index (χ0n) is 6.21. The second kappa shape index (κ2) is 3.97. The SMILES string of the molecule is CSC1=NCCN1C(=O)CCl. The maximum Gasteiger partial charge on any atom is 0.243 e. The van der Waals surface area contributed by atoms with Gasteiger partial charge in [0, 0.05) is 6.54 Å². The topological polar surface area (TPSA) is 32.7 Å². The van der Waals surface area contributed by atoms with Gasteiger partial charge in [-0.1, -0.05) is 11.8 Å². The number of rotatable bonds is 1. The molecule has 0 unspecified atom stereocenters. The number of amidine groups is 1. The normalized spacial score (nSPS) is 16.9. The van der Waals surface area contributed by atoms with E-state index in [9.17, 15) is 4.79 Å². The highest BCUT2D eigenvalue weighted by Crippen LogP contribution is 2.11. The number of carbonyl (C=O) groups excluding carboxylic acids is 1. The Hall–Kier alpha value is -0.220. The predicted octanol–water partition coefficient (Wildman–Crippen LogP) is 0.786. The fraction of sp³-hybridized carbons (Fsp3) is 0.667. The number of thioether (sulfide) groups is 1. The first-order valence-electron chi connectivity index (χ1n) is 3.24. The standard InChI is InChI=1S/C6H9ClN2OS/c1-11-6-8-2-3-9(6)5(10)4-7/h2-4H2,1H3. The zero-order chi connectivity index (χ0) is 8.27. The van der Waals surface area contributed by atoms with Crippen molar-refractivity contribution in [3.63, 3.8) is 0 Å². The summed E-state index contributed by atoms with van der Waals surface area (Å²) in [5.41, 5.74) is 0. The van der Waals surface area contributed by atoms with Gasteiger partial charge in [0.15, 0.2) is 5.17 Å². The number of alkyl halides is 1. The number of carbonyl (C=O) groups is 1. The van der Waals surface area contributed by atoms with E-state index in [0.29, 0.717) is 13.1 Å². The van der Waals surface area contributed by atoms with Crippen molar-refractivity contribution in [3.05, 3.63) is 0 Å². The van der Waals surface area contributed by atoms with Crippen molar-refractivity contribution >= 4 is 34.4 Å². The first kappa shape index (κ1) is 8.87. The maximum atomic E-state index is 11.1. The minimum atomic E-state index is -0.0581. The molecular weight excluding hydrogens is 184 g/mol. The van der Waals surface area contributed by atoms with Gasteiger partial charge in [-0.2, -0.15) is 0 Å². The van der Waals surface area contributed by atoms with Crippen molar-refractivity contribution in [2.75, 3.05) is 25.2 Å². The summed E-state index contributed by atoms with van der Waals surface area (Å²) in [5, 5.41) is 0.788. The molecule has 0 fully saturated rings. The van der Waals surface area contributed by atoms with Crippen LogP contribution >= 0.6 is 23.4 Å². The molecule has 0 saturated heterocycles. The fourth-order valence-corrected chi connectivity index (χ4v) is 1.68. The van der Waals surface area contributed by atoms with Crippen LogP contribution in [0.1, 0.15) is 0 Å². The second-order valence-corrected chi connectivity index (χ2v) is 3.09. The molecule has 1 heterocycles. The molecule has 0 radical (unpaired) electrons. The van der Waals surface area contributed by atoms with Crippen LogP contribution in [0.3, 0.4) is 0 Å². The zero-order valence-corrected chi connectivity index (χ0v) is 7.78. The van der Waals surface area contributed by atoms with E-state index in [4.69, 9.17) is 11.6 Å². The van der Waals surface area contributed by atoms with Crippen LogP contribution in [-0.4, -0.2) is 41.2 Å². The molecule has 1 aliphatic rings. The van der Waals surface area contributed by atoms with Gasteiger partial charge in [0.1, 0.15) is 5.88 Å². The Bertz CT molecular complexity index is 195. The first-order valence-corrected chi connectivity index (χ1v) is 5.00. The molecule has 1 amide bonds. The van der Waals surface area contributed by atoms with Crippen LogP contribution in [0, 0.1) is 0 Å². The third-order valence-corrected chi connectivity index (χ3v) is 2.34. The summed E-state index contributed by atoms with van der Waals surface area (Å²) in [6.45, 7) is 1.39. The summed E-state index contributed by atoms with van der Waals surface area (Å²) in [7, 11) is 0. The monoisotopic (exact) mass is 192 g/mol. The third kappa shape index (κ3) is 1.87. The van der Waals surface area contributed by atoms with E-state index in [1.165, 1.54) is 11.8 Å². The van der Waals surface area contributed by atoms with Gasteiger partial charge in [0.2, 0.25) is 5.91 Å². The van der Waals surface area contributed by atoms with E-state index in [0.717, 1.165) is 5.17 Å². The average Bonchev–Trinajstić information content (AvgIpc) is 2.50. The number of hydrogen-bond donors (Lipinski definition) is 0. The lowest BCUT2D eigenvalue weighted by atomic mass is 10.5. The minimum Gasteiger partial charge on any atom is -0.289 e. The maximum absolute atomic E-state index is 11.1. The Balaban J connectivity index is 2.59. The molecule has 62 valence electrons. The Kier molecular flexibility index (Phi) is 3.20. The molecule has 0 spiro atoms. The van der Waals surface area contributed by atoms with Crippen molar-refractivity contribution in [3.8, 4) is 0 Å². The molecule has 0 aromatic rings. The predicted molar refractivity (Wildman–Crippen MR) is 48.3 cm³/mol. The number of halogens is 1. The lowest BCUT2D eigenvalue weighted by molar-refractivity contribution is -0.124. The number of amides is 1. The molecule has 0 atom stereocenters. The van der Waals surface area contributed by atoms with Crippen molar-refractivity contribution < 1.29 is 4.79 Å².